The van der Waals surface area contributed by atoms with Crippen LogP contribution in [0.3, 0.4) is 0 Å². The summed E-state index contributed by atoms with van der Waals surface area (Å²) >= 11 is 0. The molecule has 1 aromatic carbocycles. The van der Waals surface area contributed by atoms with Gasteiger partial charge in [-0.15, -0.1) is 0 Å². The standard InChI is InChI=1S/C17H22N2O/c1-12-11-15-5-3-4-6-16(15)18-17(12)19-9-7-14(8-10-19)13(2)20/h3-6,11,13-14,20H,7-10H2,1-2H3. The Labute approximate surface area is 120 Å². The van der Waals surface area contributed by atoms with Crippen LogP contribution in [-0.4, -0.2) is 29.3 Å². The predicted molar refractivity (Wildman–Crippen MR) is 83.1 cm³/mol. The highest BCUT2D eigenvalue weighted by Crippen LogP contribution is 2.28. The molecule has 0 bridgehead atoms. The van der Waals surface area contributed by atoms with Crippen LogP contribution < -0.4 is 4.90 Å². The largest absolute Gasteiger partial charge is 0.393 e. The summed E-state index contributed by atoms with van der Waals surface area (Å²) in [7, 11) is 0. The molecule has 1 aliphatic heterocycles. The molecule has 1 aromatic heterocycles. The summed E-state index contributed by atoms with van der Waals surface area (Å²) in [6, 6.07) is 10.5. The van der Waals surface area contributed by atoms with Crippen LogP contribution in [0, 0.1) is 12.8 Å². The van der Waals surface area contributed by atoms with Gasteiger partial charge in [0.2, 0.25) is 0 Å². The number of piperidine rings is 1. The van der Waals surface area contributed by atoms with Gasteiger partial charge in [0.05, 0.1) is 11.6 Å². The first-order valence-corrected chi connectivity index (χ1v) is 7.44. The van der Waals surface area contributed by atoms with Crippen molar-refractivity contribution in [2.75, 3.05) is 18.0 Å². The van der Waals surface area contributed by atoms with E-state index in [1.165, 1.54) is 10.9 Å². The minimum atomic E-state index is -0.192. The Balaban J connectivity index is 1.86. The van der Waals surface area contributed by atoms with Gasteiger partial charge in [-0.25, -0.2) is 4.98 Å². The van der Waals surface area contributed by atoms with E-state index in [9.17, 15) is 5.11 Å². The van der Waals surface area contributed by atoms with E-state index in [2.05, 4.69) is 36.1 Å². The molecule has 3 heteroatoms. The lowest BCUT2D eigenvalue weighted by Gasteiger charge is -2.34. The lowest BCUT2D eigenvalue weighted by Crippen LogP contribution is -2.37. The van der Waals surface area contributed by atoms with Gasteiger partial charge in [0, 0.05) is 18.5 Å². The maximum absolute atomic E-state index is 9.70. The van der Waals surface area contributed by atoms with E-state index >= 15 is 0 Å². The average Bonchev–Trinajstić information content (AvgIpc) is 2.46. The summed E-state index contributed by atoms with van der Waals surface area (Å²) in [5, 5.41) is 10.9. The molecule has 0 spiro atoms. The molecule has 1 saturated heterocycles. The number of aryl methyl sites for hydroxylation is 1. The van der Waals surface area contributed by atoms with Gasteiger partial charge in [-0.1, -0.05) is 18.2 Å². The number of benzene rings is 1. The quantitative estimate of drug-likeness (QED) is 0.910. The molecule has 1 unspecified atom stereocenters. The minimum Gasteiger partial charge on any atom is -0.393 e. The molecule has 0 aliphatic carbocycles. The Morgan fingerprint density at radius 2 is 1.95 bits per heavy atom. The van der Waals surface area contributed by atoms with Crippen molar-refractivity contribution in [2.24, 2.45) is 5.92 Å². The number of aliphatic hydroxyl groups excluding tert-OH is 1. The summed E-state index contributed by atoms with van der Waals surface area (Å²) in [4.78, 5) is 7.19. The smallest absolute Gasteiger partial charge is 0.132 e. The molecular weight excluding hydrogens is 248 g/mol. The highest BCUT2D eigenvalue weighted by molar-refractivity contribution is 5.81. The van der Waals surface area contributed by atoms with E-state index < -0.39 is 0 Å². The summed E-state index contributed by atoms with van der Waals surface area (Å²) in [5.41, 5.74) is 2.30. The zero-order chi connectivity index (χ0) is 14.1. The third-order valence-corrected chi connectivity index (χ3v) is 4.41. The van der Waals surface area contributed by atoms with Crippen molar-refractivity contribution in [1.82, 2.24) is 4.98 Å². The van der Waals surface area contributed by atoms with Crippen molar-refractivity contribution < 1.29 is 5.11 Å². The molecule has 3 nitrogen and oxygen atoms in total. The van der Waals surface area contributed by atoms with Crippen LogP contribution >= 0.6 is 0 Å². The summed E-state index contributed by atoms with van der Waals surface area (Å²) in [6.07, 6.45) is 1.90. The molecule has 0 saturated carbocycles. The van der Waals surface area contributed by atoms with Crippen LogP contribution in [0.1, 0.15) is 25.3 Å². The summed E-state index contributed by atoms with van der Waals surface area (Å²) < 4.78 is 0. The number of hydrogen-bond donors (Lipinski definition) is 1. The number of para-hydroxylation sites is 1. The van der Waals surface area contributed by atoms with E-state index in [-0.39, 0.29) is 6.10 Å². The molecule has 1 N–H and O–H groups in total. The van der Waals surface area contributed by atoms with Crippen LogP contribution in [-0.2, 0) is 0 Å². The number of pyridine rings is 1. The molecule has 1 atom stereocenters. The molecular formula is C17H22N2O. The van der Waals surface area contributed by atoms with Crippen LogP contribution in [0.25, 0.3) is 10.9 Å². The van der Waals surface area contributed by atoms with Crippen molar-refractivity contribution in [1.29, 1.82) is 0 Å². The zero-order valence-corrected chi connectivity index (χ0v) is 12.2. The van der Waals surface area contributed by atoms with E-state index in [1.807, 2.05) is 13.0 Å². The van der Waals surface area contributed by atoms with Crippen LogP contribution in [0.2, 0.25) is 0 Å². The van der Waals surface area contributed by atoms with Gasteiger partial charge in [0.1, 0.15) is 5.82 Å². The number of anilines is 1. The van der Waals surface area contributed by atoms with E-state index in [4.69, 9.17) is 4.98 Å². The van der Waals surface area contributed by atoms with Gasteiger partial charge in [0.15, 0.2) is 0 Å². The first-order chi connectivity index (χ1) is 9.65. The number of aliphatic hydroxyl groups is 1. The number of nitrogens with zero attached hydrogens (tertiary/aromatic N) is 2. The molecule has 0 radical (unpaired) electrons. The third kappa shape index (κ3) is 2.50. The second-order valence-electron chi connectivity index (χ2n) is 5.89. The van der Waals surface area contributed by atoms with Crippen molar-refractivity contribution in [3.63, 3.8) is 0 Å². The Bertz CT molecular complexity index is 601. The normalized spacial score (nSPS) is 18.4. The van der Waals surface area contributed by atoms with Crippen LogP contribution in [0.5, 0.6) is 0 Å². The summed E-state index contributed by atoms with van der Waals surface area (Å²) in [5.74, 6) is 1.54. The van der Waals surface area contributed by atoms with Gasteiger partial charge in [-0.3, -0.25) is 0 Å². The van der Waals surface area contributed by atoms with Gasteiger partial charge >= 0.3 is 0 Å². The van der Waals surface area contributed by atoms with Gasteiger partial charge in [0.25, 0.3) is 0 Å². The van der Waals surface area contributed by atoms with E-state index in [1.54, 1.807) is 0 Å². The number of aromatic nitrogens is 1. The fourth-order valence-electron chi connectivity index (χ4n) is 3.13. The van der Waals surface area contributed by atoms with E-state index in [0.717, 1.165) is 37.3 Å². The molecule has 2 aromatic rings. The fraction of sp³-hybridized carbons (Fsp3) is 0.471. The van der Waals surface area contributed by atoms with Crippen molar-refractivity contribution in [3.05, 3.63) is 35.9 Å². The fourth-order valence-corrected chi connectivity index (χ4v) is 3.13. The van der Waals surface area contributed by atoms with Crippen LogP contribution in [0.15, 0.2) is 30.3 Å². The molecule has 1 fully saturated rings. The molecule has 106 valence electrons. The second kappa shape index (κ2) is 5.41. The first kappa shape index (κ1) is 13.4. The van der Waals surface area contributed by atoms with Gasteiger partial charge in [-0.05, 0) is 50.3 Å². The van der Waals surface area contributed by atoms with Crippen molar-refractivity contribution in [3.8, 4) is 0 Å². The monoisotopic (exact) mass is 270 g/mol. The first-order valence-electron chi connectivity index (χ1n) is 7.44. The van der Waals surface area contributed by atoms with E-state index in [0.29, 0.717) is 5.92 Å². The number of fused-ring (bicyclic) bond motifs is 1. The Morgan fingerprint density at radius 1 is 1.25 bits per heavy atom. The van der Waals surface area contributed by atoms with Gasteiger partial charge in [-0.2, -0.15) is 0 Å². The highest BCUT2D eigenvalue weighted by Gasteiger charge is 2.24. The molecule has 1 aliphatic rings. The zero-order valence-electron chi connectivity index (χ0n) is 12.2. The second-order valence-corrected chi connectivity index (χ2v) is 5.89. The lowest BCUT2D eigenvalue weighted by molar-refractivity contribution is 0.110. The van der Waals surface area contributed by atoms with Crippen LogP contribution in [0.4, 0.5) is 5.82 Å². The SMILES string of the molecule is Cc1cc2ccccc2nc1N1CCC(C(C)O)CC1. The number of rotatable bonds is 2. The number of hydrogen-bond acceptors (Lipinski definition) is 3. The molecule has 0 amide bonds. The lowest BCUT2D eigenvalue weighted by atomic mass is 9.92. The summed E-state index contributed by atoms with van der Waals surface area (Å²) in [6.45, 7) is 6.01. The maximum Gasteiger partial charge on any atom is 0.132 e. The Hall–Kier alpha value is -1.61. The predicted octanol–water partition coefficient (Wildman–Crippen LogP) is 3.14. The molecule has 3 rings (SSSR count). The maximum atomic E-state index is 9.70. The van der Waals surface area contributed by atoms with Crippen molar-refractivity contribution >= 4 is 16.7 Å². The molecule has 20 heavy (non-hydrogen) atoms. The third-order valence-electron chi connectivity index (χ3n) is 4.41. The minimum absolute atomic E-state index is 0.192. The molecule has 2 heterocycles. The van der Waals surface area contributed by atoms with Gasteiger partial charge < -0.3 is 10.0 Å². The van der Waals surface area contributed by atoms with Crippen molar-refractivity contribution in [2.45, 2.75) is 32.8 Å². The Morgan fingerprint density at radius 3 is 2.65 bits per heavy atom. The Kier molecular flexibility index (Phi) is 3.62. The average molecular weight is 270 g/mol. The highest BCUT2D eigenvalue weighted by atomic mass is 16.3. The topological polar surface area (TPSA) is 36.4 Å².